The minimum absolute atomic E-state index is 0.233. The Morgan fingerprint density at radius 1 is 1.75 bits per heavy atom. The fourth-order valence-electron chi connectivity index (χ4n) is 0.757. The maximum absolute atomic E-state index is 11.1. The number of carbonyl (C=O) groups is 1. The summed E-state index contributed by atoms with van der Waals surface area (Å²) in [4.78, 5) is 27.4. The van der Waals surface area contributed by atoms with Gasteiger partial charge in [0.25, 0.3) is 5.91 Å². The lowest BCUT2D eigenvalue weighted by Crippen LogP contribution is -2.26. The predicted octanol–water partition coefficient (Wildman–Crippen LogP) is -0.480. The van der Waals surface area contributed by atoms with E-state index < -0.39 is 5.69 Å². The highest BCUT2D eigenvalue weighted by Crippen LogP contribution is 1.86. The molecule has 1 aromatic rings. The summed E-state index contributed by atoms with van der Waals surface area (Å²) in [6.07, 6.45) is 1.30. The van der Waals surface area contributed by atoms with Crippen molar-refractivity contribution in [2.75, 3.05) is 6.54 Å². The molecule has 12 heavy (non-hydrogen) atoms. The summed E-state index contributed by atoms with van der Waals surface area (Å²) in [5.41, 5.74) is -0.282. The Balaban J connectivity index is 2.88. The molecule has 0 radical (unpaired) electrons. The van der Waals surface area contributed by atoms with Crippen LogP contribution in [0.15, 0.2) is 17.1 Å². The van der Waals surface area contributed by atoms with Crippen LogP contribution in [0.25, 0.3) is 0 Å². The molecular formula is C7H9N3O2. The molecule has 5 heteroatoms. The van der Waals surface area contributed by atoms with Crippen LogP contribution in [0.1, 0.15) is 17.4 Å². The Labute approximate surface area is 68.8 Å². The lowest BCUT2D eigenvalue weighted by molar-refractivity contribution is 0.0950. The van der Waals surface area contributed by atoms with E-state index in [1.54, 1.807) is 6.92 Å². The smallest absolute Gasteiger partial charge is 0.345 e. The fraction of sp³-hybridized carbons (Fsp3) is 0.286. The second-order valence-electron chi connectivity index (χ2n) is 2.15. The van der Waals surface area contributed by atoms with Gasteiger partial charge in [-0.05, 0) is 13.0 Å². The lowest BCUT2D eigenvalue weighted by Gasteiger charge is -1.99. The summed E-state index contributed by atoms with van der Waals surface area (Å²) in [6.45, 7) is 2.33. The molecular weight excluding hydrogens is 158 g/mol. The number of H-pyrrole nitrogens is 1. The van der Waals surface area contributed by atoms with E-state index in [-0.39, 0.29) is 11.6 Å². The number of aromatic nitrogens is 2. The van der Waals surface area contributed by atoms with Crippen molar-refractivity contribution in [2.24, 2.45) is 0 Å². The molecule has 1 aromatic heterocycles. The molecule has 1 rings (SSSR count). The van der Waals surface area contributed by atoms with Crippen molar-refractivity contribution in [3.8, 4) is 0 Å². The third kappa shape index (κ3) is 1.91. The molecule has 0 bridgehead atoms. The summed E-state index contributed by atoms with van der Waals surface area (Å²) in [6, 6.07) is 1.45. The minimum Gasteiger partial charge on any atom is -0.351 e. The van der Waals surface area contributed by atoms with Gasteiger partial charge >= 0.3 is 5.69 Å². The second kappa shape index (κ2) is 3.66. The van der Waals surface area contributed by atoms with Gasteiger partial charge in [-0.1, -0.05) is 0 Å². The zero-order valence-corrected chi connectivity index (χ0v) is 6.63. The zero-order chi connectivity index (χ0) is 8.97. The monoisotopic (exact) mass is 167 g/mol. The summed E-state index contributed by atoms with van der Waals surface area (Å²) in [5, 5.41) is 2.55. The lowest BCUT2D eigenvalue weighted by atomic mass is 10.4. The number of hydrogen-bond acceptors (Lipinski definition) is 3. The highest BCUT2D eigenvalue weighted by atomic mass is 16.2. The molecule has 0 saturated carbocycles. The van der Waals surface area contributed by atoms with Crippen molar-refractivity contribution in [3.05, 3.63) is 28.4 Å². The first kappa shape index (κ1) is 8.45. The van der Waals surface area contributed by atoms with Crippen molar-refractivity contribution in [1.29, 1.82) is 0 Å². The van der Waals surface area contributed by atoms with E-state index in [9.17, 15) is 9.59 Å². The van der Waals surface area contributed by atoms with Crippen LogP contribution in [0.4, 0.5) is 0 Å². The number of hydrogen-bond donors (Lipinski definition) is 2. The van der Waals surface area contributed by atoms with Crippen molar-refractivity contribution in [3.63, 3.8) is 0 Å². The van der Waals surface area contributed by atoms with E-state index in [4.69, 9.17) is 0 Å². The van der Waals surface area contributed by atoms with Crippen LogP contribution in [0.2, 0.25) is 0 Å². The third-order valence-electron chi connectivity index (χ3n) is 1.26. The number of rotatable bonds is 2. The SMILES string of the molecule is CCNC(=O)c1ccnc(=O)[nH]1. The van der Waals surface area contributed by atoms with Crippen LogP contribution in [-0.2, 0) is 0 Å². The summed E-state index contributed by atoms with van der Waals surface area (Å²) >= 11 is 0. The molecule has 5 nitrogen and oxygen atoms in total. The van der Waals surface area contributed by atoms with Gasteiger partial charge in [-0.25, -0.2) is 9.78 Å². The van der Waals surface area contributed by atoms with Crippen LogP contribution >= 0.6 is 0 Å². The Bertz CT molecular complexity index is 331. The zero-order valence-electron chi connectivity index (χ0n) is 6.63. The molecule has 0 aliphatic rings. The van der Waals surface area contributed by atoms with Crippen molar-refractivity contribution < 1.29 is 4.79 Å². The predicted molar refractivity (Wildman–Crippen MR) is 42.9 cm³/mol. The molecule has 1 amide bonds. The van der Waals surface area contributed by atoms with Gasteiger partial charge < -0.3 is 10.3 Å². The topological polar surface area (TPSA) is 74.8 Å². The van der Waals surface area contributed by atoms with E-state index in [0.717, 1.165) is 0 Å². The molecule has 0 saturated heterocycles. The van der Waals surface area contributed by atoms with Gasteiger partial charge in [-0.15, -0.1) is 0 Å². The van der Waals surface area contributed by atoms with Crippen molar-refractivity contribution in [2.45, 2.75) is 6.92 Å². The second-order valence-corrected chi connectivity index (χ2v) is 2.15. The van der Waals surface area contributed by atoms with E-state index in [1.807, 2.05) is 0 Å². The van der Waals surface area contributed by atoms with Crippen LogP contribution in [-0.4, -0.2) is 22.4 Å². The van der Waals surface area contributed by atoms with Gasteiger partial charge in [0.2, 0.25) is 0 Å². The molecule has 0 aromatic carbocycles. The molecule has 0 aliphatic heterocycles. The van der Waals surface area contributed by atoms with Crippen LogP contribution in [0, 0.1) is 0 Å². The first-order valence-electron chi connectivity index (χ1n) is 3.57. The van der Waals surface area contributed by atoms with Crippen LogP contribution < -0.4 is 11.0 Å². The summed E-state index contributed by atoms with van der Waals surface area (Å²) in [5.74, 6) is -0.294. The summed E-state index contributed by atoms with van der Waals surface area (Å²) in [7, 11) is 0. The van der Waals surface area contributed by atoms with E-state index in [1.165, 1.54) is 12.3 Å². The Morgan fingerprint density at radius 2 is 2.50 bits per heavy atom. The molecule has 2 N–H and O–H groups in total. The van der Waals surface area contributed by atoms with Gasteiger partial charge in [-0.3, -0.25) is 4.79 Å². The maximum atomic E-state index is 11.1. The molecule has 0 spiro atoms. The number of amides is 1. The van der Waals surface area contributed by atoms with E-state index in [0.29, 0.717) is 6.54 Å². The number of nitrogens with one attached hydrogen (secondary N) is 2. The Morgan fingerprint density at radius 3 is 3.08 bits per heavy atom. The molecule has 1 heterocycles. The van der Waals surface area contributed by atoms with Gasteiger partial charge in [-0.2, -0.15) is 0 Å². The average molecular weight is 167 g/mol. The molecule has 0 unspecified atom stereocenters. The molecule has 64 valence electrons. The molecule has 0 aliphatic carbocycles. The highest BCUT2D eigenvalue weighted by Gasteiger charge is 2.03. The number of aromatic amines is 1. The normalized spacial score (nSPS) is 9.42. The van der Waals surface area contributed by atoms with Crippen LogP contribution in [0.5, 0.6) is 0 Å². The first-order chi connectivity index (χ1) is 5.74. The third-order valence-corrected chi connectivity index (χ3v) is 1.26. The van der Waals surface area contributed by atoms with E-state index in [2.05, 4.69) is 15.3 Å². The van der Waals surface area contributed by atoms with Crippen molar-refractivity contribution >= 4 is 5.91 Å². The standard InChI is InChI=1S/C7H9N3O2/c1-2-8-6(11)5-3-4-9-7(12)10-5/h3-4H,2H2,1H3,(H,8,11)(H,9,10,12). The van der Waals surface area contributed by atoms with E-state index >= 15 is 0 Å². The Hall–Kier alpha value is -1.65. The largest absolute Gasteiger partial charge is 0.351 e. The average Bonchev–Trinajstić information content (AvgIpc) is 2.05. The number of carbonyl (C=O) groups excluding carboxylic acids is 1. The quantitative estimate of drug-likeness (QED) is 0.624. The minimum atomic E-state index is -0.515. The van der Waals surface area contributed by atoms with Crippen molar-refractivity contribution in [1.82, 2.24) is 15.3 Å². The molecule has 0 atom stereocenters. The first-order valence-corrected chi connectivity index (χ1v) is 3.57. The summed E-state index contributed by atoms with van der Waals surface area (Å²) < 4.78 is 0. The molecule has 0 fully saturated rings. The van der Waals surface area contributed by atoms with Crippen LogP contribution in [0.3, 0.4) is 0 Å². The van der Waals surface area contributed by atoms with Gasteiger partial charge in [0.1, 0.15) is 5.69 Å². The maximum Gasteiger partial charge on any atom is 0.345 e. The highest BCUT2D eigenvalue weighted by molar-refractivity contribution is 5.91. The fourth-order valence-corrected chi connectivity index (χ4v) is 0.757. The van der Waals surface area contributed by atoms with Gasteiger partial charge in [0, 0.05) is 12.7 Å². The number of nitrogens with zero attached hydrogens (tertiary/aromatic N) is 1. The van der Waals surface area contributed by atoms with Gasteiger partial charge in [0.15, 0.2) is 0 Å². The Kier molecular flexibility index (Phi) is 2.57. The van der Waals surface area contributed by atoms with Gasteiger partial charge in [0.05, 0.1) is 0 Å².